The highest BCUT2D eigenvalue weighted by atomic mass is 19.4. The van der Waals surface area contributed by atoms with Crippen LogP contribution in [0.2, 0.25) is 0 Å². The molecule has 4 atom stereocenters. The Kier molecular flexibility index (Phi) is 7.09. The van der Waals surface area contributed by atoms with Gasteiger partial charge in [0.25, 0.3) is 5.91 Å². The Morgan fingerprint density at radius 2 is 2.09 bits per heavy atom. The van der Waals surface area contributed by atoms with E-state index in [9.17, 15) is 23.1 Å². The van der Waals surface area contributed by atoms with Gasteiger partial charge in [0, 0.05) is 12.7 Å². The fourth-order valence-corrected chi connectivity index (χ4v) is 3.69. The lowest BCUT2D eigenvalue weighted by atomic mass is 9.99. The largest absolute Gasteiger partial charge is 0.416 e. The van der Waals surface area contributed by atoms with Crippen molar-refractivity contribution in [3.63, 3.8) is 0 Å². The highest BCUT2D eigenvalue weighted by Crippen LogP contribution is 2.36. The van der Waals surface area contributed by atoms with Crippen molar-refractivity contribution in [2.45, 2.75) is 30.8 Å². The first-order chi connectivity index (χ1) is 16.3. The number of benzene rings is 1. The number of halogens is 3. The molecule has 10 nitrogen and oxygen atoms in total. The molecule has 0 aromatic heterocycles. The Morgan fingerprint density at radius 1 is 1.29 bits per heavy atom. The van der Waals surface area contributed by atoms with Gasteiger partial charge >= 0.3 is 6.18 Å². The number of carbonyl (C=O) groups excluding carboxylic acids is 1. The topological polar surface area (TPSA) is 130 Å². The molecule has 0 aliphatic carbocycles. The van der Waals surface area contributed by atoms with E-state index in [1.165, 1.54) is 29.4 Å². The van der Waals surface area contributed by atoms with Crippen LogP contribution >= 0.6 is 0 Å². The predicted molar refractivity (Wildman–Crippen MR) is 114 cm³/mol. The summed E-state index contributed by atoms with van der Waals surface area (Å²) in [5.74, 6) is -0.154. The summed E-state index contributed by atoms with van der Waals surface area (Å²) in [6, 6.07) is 4.49. The third-order valence-electron chi connectivity index (χ3n) is 5.34. The van der Waals surface area contributed by atoms with Gasteiger partial charge in [-0.25, -0.2) is 5.43 Å². The Hall–Kier alpha value is -3.10. The van der Waals surface area contributed by atoms with Crippen LogP contribution in [0.4, 0.5) is 13.2 Å². The number of nitrogens with one attached hydrogen (secondary N) is 5. The average molecular weight is 482 g/mol. The molecule has 0 bridgehead atoms. The second-order valence-electron chi connectivity index (χ2n) is 7.76. The fourth-order valence-electron chi connectivity index (χ4n) is 3.69. The molecule has 4 unspecified atom stereocenters. The highest BCUT2D eigenvalue weighted by molar-refractivity contribution is 5.94. The number of nitrogens with zero attached hydrogens (tertiary/aromatic N) is 1. The van der Waals surface area contributed by atoms with E-state index >= 15 is 0 Å². The number of carbonyl (C=O) groups is 1. The molecule has 7 N–H and O–H groups in total. The molecular weight excluding hydrogens is 457 g/mol. The minimum absolute atomic E-state index is 0.0455. The average Bonchev–Trinajstić information content (AvgIpc) is 3.25. The van der Waals surface area contributed by atoms with E-state index in [1.807, 2.05) is 0 Å². The zero-order valence-electron chi connectivity index (χ0n) is 17.8. The maximum absolute atomic E-state index is 13.5. The third kappa shape index (κ3) is 5.34. The van der Waals surface area contributed by atoms with Crippen molar-refractivity contribution in [3.05, 3.63) is 71.3 Å². The van der Waals surface area contributed by atoms with Crippen molar-refractivity contribution in [2.75, 3.05) is 19.8 Å². The van der Waals surface area contributed by atoms with Crippen LogP contribution in [0.15, 0.2) is 60.2 Å². The minimum atomic E-state index is -4.51. The summed E-state index contributed by atoms with van der Waals surface area (Å²) in [6.45, 7) is -0.201. The smallest absolute Gasteiger partial charge is 0.394 e. The molecule has 1 aromatic carbocycles. The maximum atomic E-state index is 13.5. The predicted octanol–water partition coefficient (Wildman–Crippen LogP) is -0.303. The number of hydrazine groups is 1. The van der Waals surface area contributed by atoms with Crippen LogP contribution < -0.4 is 26.7 Å². The van der Waals surface area contributed by atoms with Gasteiger partial charge in [0.05, 0.1) is 24.8 Å². The standard InChI is InChI=1S/C21H25F3N6O4/c22-21(23,24)14-4-2-1-3-13(14)15-5-6-18-26-9-16(30(18)29-15)19(33)27-17-7-8-25-20(28-17)34-11-12(32)10-31/h1-7,9,12,15,18,20,25-26,28-29,31-32H,8,10-11H2,(H,27,33). The van der Waals surface area contributed by atoms with E-state index in [0.717, 1.165) is 6.07 Å². The minimum Gasteiger partial charge on any atom is -0.394 e. The Bertz CT molecular complexity index is 999. The molecule has 3 aliphatic rings. The molecular formula is C21H25F3N6O4. The zero-order valence-corrected chi connectivity index (χ0v) is 17.8. The van der Waals surface area contributed by atoms with E-state index in [0.29, 0.717) is 12.4 Å². The van der Waals surface area contributed by atoms with Gasteiger partial charge in [-0.1, -0.05) is 24.3 Å². The first-order valence-corrected chi connectivity index (χ1v) is 10.5. The van der Waals surface area contributed by atoms with Crippen LogP contribution in [-0.2, 0) is 15.7 Å². The quantitative estimate of drug-likeness (QED) is 0.262. The van der Waals surface area contributed by atoms with Gasteiger partial charge < -0.3 is 30.9 Å². The molecule has 3 aliphatic heterocycles. The lowest BCUT2D eigenvalue weighted by molar-refractivity contribution is -0.138. The third-order valence-corrected chi connectivity index (χ3v) is 5.34. The van der Waals surface area contributed by atoms with E-state index in [1.54, 1.807) is 18.2 Å². The van der Waals surface area contributed by atoms with Crippen LogP contribution in [0, 0.1) is 0 Å². The molecule has 34 heavy (non-hydrogen) atoms. The second kappa shape index (κ2) is 10.0. The molecule has 1 amide bonds. The van der Waals surface area contributed by atoms with Gasteiger partial charge in [0.15, 0.2) is 6.35 Å². The maximum Gasteiger partial charge on any atom is 0.416 e. The molecule has 3 heterocycles. The van der Waals surface area contributed by atoms with Crippen molar-refractivity contribution < 1.29 is 32.9 Å². The molecule has 4 rings (SSSR count). The summed E-state index contributed by atoms with van der Waals surface area (Å²) in [5, 5.41) is 31.3. The second-order valence-corrected chi connectivity index (χ2v) is 7.76. The van der Waals surface area contributed by atoms with Gasteiger partial charge in [-0.05, 0) is 23.8 Å². The van der Waals surface area contributed by atoms with Gasteiger partial charge in [0.2, 0.25) is 0 Å². The number of aliphatic hydroxyl groups excluding tert-OH is 2. The molecule has 0 saturated heterocycles. The van der Waals surface area contributed by atoms with Crippen LogP contribution in [0.3, 0.4) is 0 Å². The van der Waals surface area contributed by atoms with Gasteiger partial charge in [-0.3, -0.25) is 15.1 Å². The highest BCUT2D eigenvalue weighted by Gasteiger charge is 2.38. The van der Waals surface area contributed by atoms with Crippen molar-refractivity contribution in [1.82, 2.24) is 31.7 Å². The normalized spacial score (nSPS) is 25.0. The molecule has 0 saturated carbocycles. The first-order valence-electron chi connectivity index (χ1n) is 10.5. The van der Waals surface area contributed by atoms with Crippen LogP contribution in [-0.4, -0.2) is 59.5 Å². The summed E-state index contributed by atoms with van der Waals surface area (Å²) in [7, 11) is 0. The number of aliphatic hydroxyl groups is 2. The summed E-state index contributed by atoms with van der Waals surface area (Å²) in [6.07, 6.45) is -0.245. The van der Waals surface area contributed by atoms with Gasteiger partial charge in [-0.2, -0.15) is 13.2 Å². The number of fused-ring (bicyclic) bond motifs is 1. The Morgan fingerprint density at radius 3 is 2.85 bits per heavy atom. The number of ether oxygens (including phenoxy) is 1. The molecule has 1 aromatic rings. The lowest BCUT2D eigenvalue weighted by Gasteiger charge is -2.35. The number of hydrogen-bond acceptors (Lipinski definition) is 9. The van der Waals surface area contributed by atoms with Gasteiger partial charge in [0.1, 0.15) is 23.8 Å². The summed E-state index contributed by atoms with van der Waals surface area (Å²) < 4.78 is 45.8. The molecule has 184 valence electrons. The fraction of sp³-hybridized carbons (Fsp3) is 0.381. The van der Waals surface area contributed by atoms with E-state index in [-0.39, 0.29) is 17.9 Å². The van der Waals surface area contributed by atoms with Crippen molar-refractivity contribution in [3.8, 4) is 0 Å². The number of alkyl halides is 3. The first kappa shape index (κ1) is 24.0. The summed E-state index contributed by atoms with van der Waals surface area (Å²) in [5.41, 5.74) is 2.46. The zero-order chi connectivity index (χ0) is 24.3. The van der Waals surface area contributed by atoms with E-state index in [4.69, 9.17) is 9.84 Å². The van der Waals surface area contributed by atoms with E-state index < -0.39 is 48.9 Å². The number of amides is 1. The Balaban J connectivity index is 1.41. The Labute approximate surface area is 193 Å². The van der Waals surface area contributed by atoms with Crippen molar-refractivity contribution in [2.24, 2.45) is 0 Å². The SMILES string of the molecule is O=C(NC1=CCNC(OCC(O)CO)N1)C1=CNC2C=CC(c3ccccc3C(F)(F)F)NN12. The van der Waals surface area contributed by atoms with Crippen LogP contribution in [0.1, 0.15) is 17.2 Å². The van der Waals surface area contributed by atoms with Gasteiger partial charge in [-0.15, -0.1) is 0 Å². The lowest BCUT2D eigenvalue weighted by Crippen LogP contribution is -2.54. The molecule has 0 spiro atoms. The number of rotatable bonds is 7. The molecule has 0 radical (unpaired) electrons. The van der Waals surface area contributed by atoms with E-state index in [2.05, 4.69) is 26.7 Å². The van der Waals surface area contributed by atoms with Crippen molar-refractivity contribution in [1.29, 1.82) is 0 Å². The molecule has 13 heteroatoms. The van der Waals surface area contributed by atoms with Crippen LogP contribution in [0.25, 0.3) is 0 Å². The molecule has 0 fully saturated rings. The number of hydrogen-bond donors (Lipinski definition) is 7. The summed E-state index contributed by atoms with van der Waals surface area (Å²) >= 11 is 0. The summed E-state index contributed by atoms with van der Waals surface area (Å²) in [4.78, 5) is 12.9. The van der Waals surface area contributed by atoms with Crippen LogP contribution in [0.5, 0.6) is 0 Å². The monoisotopic (exact) mass is 482 g/mol. The van der Waals surface area contributed by atoms with Crippen molar-refractivity contribution >= 4 is 5.91 Å².